The normalized spacial score (nSPS) is 11.0. The van der Waals surface area contributed by atoms with Crippen molar-refractivity contribution in [1.29, 1.82) is 0 Å². The summed E-state index contributed by atoms with van der Waals surface area (Å²) in [6.45, 7) is 3.36. The maximum absolute atomic E-state index is 13.2. The van der Waals surface area contributed by atoms with Crippen LogP contribution in [0.2, 0.25) is 0 Å². The molecule has 26 heavy (non-hydrogen) atoms. The fourth-order valence-electron chi connectivity index (χ4n) is 2.66. The lowest BCUT2D eigenvalue weighted by Gasteiger charge is -2.18. The number of hydrogen-bond acceptors (Lipinski definition) is 5. The Labute approximate surface area is 151 Å². The third kappa shape index (κ3) is 4.03. The Balaban J connectivity index is 2.46. The molecule has 0 aliphatic heterocycles. The van der Waals surface area contributed by atoms with Crippen molar-refractivity contribution in [3.8, 4) is 17.2 Å². The van der Waals surface area contributed by atoms with Crippen molar-refractivity contribution < 1.29 is 28.5 Å². The Hall–Kier alpha value is -2.86. The van der Waals surface area contributed by atoms with Crippen molar-refractivity contribution in [3.05, 3.63) is 58.4 Å². The van der Waals surface area contributed by atoms with Crippen LogP contribution in [0, 0.1) is 19.7 Å². The first-order valence-electron chi connectivity index (χ1n) is 7.90. The maximum Gasteiger partial charge on any atom is 0.193 e. The SMILES string of the molecule is COCOc1c(C)c(O)c(C(=O)/C=C/c2cccc(F)c2)c(OC)c1C. The number of phenolic OH excluding ortho intramolecular Hbond substituents is 1. The fourth-order valence-corrected chi connectivity index (χ4v) is 2.66. The molecule has 0 amide bonds. The molecule has 0 heterocycles. The molecule has 1 N–H and O–H groups in total. The van der Waals surface area contributed by atoms with E-state index in [-0.39, 0.29) is 23.9 Å². The third-order valence-electron chi connectivity index (χ3n) is 3.89. The zero-order valence-electron chi connectivity index (χ0n) is 15.1. The van der Waals surface area contributed by atoms with Crippen molar-refractivity contribution in [2.45, 2.75) is 13.8 Å². The third-order valence-corrected chi connectivity index (χ3v) is 3.89. The van der Waals surface area contributed by atoms with E-state index in [0.717, 1.165) is 0 Å². The van der Waals surface area contributed by atoms with Crippen LogP contribution in [0.1, 0.15) is 27.0 Å². The average molecular weight is 360 g/mol. The molecule has 0 spiro atoms. The summed E-state index contributed by atoms with van der Waals surface area (Å²) >= 11 is 0. The predicted octanol–water partition coefficient (Wildman–Crippen LogP) is 4.04. The molecule has 2 aromatic rings. The molecule has 2 rings (SSSR count). The van der Waals surface area contributed by atoms with E-state index < -0.39 is 11.6 Å². The van der Waals surface area contributed by atoms with Gasteiger partial charge in [0.15, 0.2) is 12.6 Å². The van der Waals surface area contributed by atoms with E-state index in [0.29, 0.717) is 22.4 Å². The highest BCUT2D eigenvalue weighted by Gasteiger charge is 2.24. The Kier molecular flexibility index (Phi) is 6.36. The van der Waals surface area contributed by atoms with Crippen LogP contribution in [-0.4, -0.2) is 31.9 Å². The number of allylic oxidation sites excluding steroid dienone is 1. The number of carbonyl (C=O) groups excluding carboxylic acids is 1. The lowest BCUT2D eigenvalue weighted by Crippen LogP contribution is -2.08. The van der Waals surface area contributed by atoms with Crippen LogP contribution < -0.4 is 9.47 Å². The Morgan fingerprint density at radius 3 is 2.54 bits per heavy atom. The molecule has 2 aromatic carbocycles. The molecule has 0 unspecified atom stereocenters. The number of rotatable bonds is 7. The summed E-state index contributed by atoms with van der Waals surface area (Å²) < 4.78 is 29.0. The highest BCUT2D eigenvalue weighted by molar-refractivity contribution is 6.11. The van der Waals surface area contributed by atoms with Gasteiger partial charge in [0.1, 0.15) is 28.6 Å². The lowest BCUT2D eigenvalue weighted by atomic mass is 9.98. The van der Waals surface area contributed by atoms with Gasteiger partial charge in [0.05, 0.1) is 7.11 Å². The van der Waals surface area contributed by atoms with Gasteiger partial charge >= 0.3 is 0 Å². The molecule has 0 atom stereocenters. The molecule has 0 radical (unpaired) electrons. The van der Waals surface area contributed by atoms with Crippen LogP contribution in [0.15, 0.2) is 30.3 Å². The van der Waals surface area contributed by atoms with Crippen LogP contribution in [0.3, 0.4) is 0 Å². The van der Waals surface area contributed by atoms with Gasteiger partial charge in [-0.05, 0) is 37.6 Å². The van der Waals surface area contributed by atoms with E-state index in [1.54, 1.807) is 26.0 Å². The van der Waals surface area contributed by atoms with Crippen LogP contribution in [0.4, 0.5) is 4.39 Å². The minimum atomic E-state index is -0.465. The van der Waals surface area contributed by atoms with E-state index >= 15 is 0 Å². The zero-order chi connectivity index (χ0) is 19.3. The summed E-state index contributed by atoms with van der Waals surface area (Å²) in [5.41, 5.74) is 1.54. The van der Waals surface area contributed by atoms with Crippen molar-refractivity contribution in [2.24, 2.45) is 0 Å². The number of hydrogen-bond donors (Lipinski definition) is 1. The van der Waals surface area contributed by atoms with Crippen molar-refractivity contribution in [3.63, 3.8) is 0 Å². The molecule has 0 aliphatic rings. The first kappa shape index (κ1) is 19.5. The van der Waals surface area contributed by atoms with Crippen LogP contribution in [-0.2, 0) is 4.74 Å². The molecule has 0 aromatic heterocycles. The number of ether oxygens (including phenoxy) is 3. The standard InChI is InChI=1S/C20H21FO5/c1-12-18(23)17(20(25-4)13(2)19(12)26-11-24-3)16(22)9-8-14-6-5-7-15(21)10-14/h5-10,23H,11H2,1-4H3/b9-8+. The summed E-state index contributed by atoms with van der Waals surface area (Å²) in [5, 5.41) is 10.5. The molecule has 6 heteroatoms. The minimum absolute atomic E-state index is 0.00294. The number of halogens is 1. The number of carbonyl (C=O) groups is 1. The molecule has 5 nitrogen and oxygen atoms in total. The predicted molar refractivity (Wildman–Crippen MR) is 96.4 cm³/mol. The van der Waals surface area contributed by atoms with E-state index in [4.69, 9.17) is 14.2 Å². The number of benzene rings is 2. The largest absolute Gasteiger partial charge is 0.507 e. The first-order valence-corrected chi connectivity index (χ1v) is 7.90. The quantitative estimate of drug-likeness (QED) is 0.459. The summed E-state index contributed by atoms with van der Waals surface area (Å²) in [6.07, 6.45) is 2.74. The van der Waals surface area contributed by atoms with Gasteiger partial charge in [-0.25, -0.2) is 4.39 Å². The van der Waals surface area contributed by atoms with Gasteiger partial charge in [-0.2, -0.15) is 0 Å². The van der Waals surface area contributed by atoms with Crippen LogP contribution in [0.5, 0.6) is 17.2 Å². The van der Waals surface area contributed by atoms with Crippen LogP contribution >= 0.6 is 0 Å². The van der Waals surface area contributed by atoms with E-state index in [1.807, 2.05) is 0 Å². The number of methoxy groups -OCH3 is 2. The molecule has 0 bridgehead atoms. The topological polar surface area (TPSA) is 65.0 Å². The molecular weight excluding hydrogens is 339 g/mol. The van der Waals surface area contributed by atoms with Crippen molar-refractivity contribution >= 4 is 11.9 Å². The highest BCUT2D eigenvalue weighted by atomic mass is 19.1. The van der Waals surface area contributed by atoms with E-state index in [2.05, 4.69) is 0 Å². The second-order valence-electron chi connectivity index (χ2n) is 5.64. The average Bonchev–Trinajstić information content (AvgIpc) is 2.62. The van der Waals surface area contributed by atoms with Gasteiger partial charge in [-0.3, -0.25) is 4.79 Å². The first-order chi connectivity index (χ1) is 12.4. The van der Waals surface area contributed by atoms with Gasteiger partial charge in [-0.15, -0.1) is 0 Å². The monoisotopic (exact) mass is 360 g/mol. The Morgan fingerprint density at radius 2 is 1.92 bits per heavy atom. The Bertz CT molecular complexity index is 843. The van der Waals surface area contributed by atoms with Gasteiger partial charge in [0.2, 0.25) is 0 Å². The summed E-state index contributed by atoms with van der Waals surface area (Å²) in [4.78, 5) is 12.6. The zero-order valence-corrected chi connectivity index (χ0v) is 15.1. The van der Waals surface area contributed by atoms with Gasteiger partial charge in [0.25, 0.3) is 0 Å². The molecule has 138 valence electrons. The van der Waals surface area contributed by atoms with Crippen molar-refractivity contribution in [1.82, 2.24) is 0 Å². The maximum atomic E-state index is 13.2. The molecule has 0 aliphatic carbocycles. The van der Waals surface area contributed by atoms with Crippen molar-refractivity contribution in [2.75, 3.05) is 21.0 Å². The number of aromatic hydroxyl groups is 1. The fraction of sp³-hybridized carbons (Fsp3) is 0.250. The summed E-state index contributed by atoms with van der Waals surface area (Å²) in [6, 6.07) is 5.84. The van der Waals surface area contributed by atoms with Gasteiger partial charge < -0.3 is 19.3 Å². The lowest BCUT2D eigenvalue weighted by molar-refractivity contribution is 0.0497. The van der Waals surface area contributed by atoms with Gasteiger partial charge in [-0.1, -0.05) is 18.2 Å². The highest BCUT2D eigenvalue weighted by Crippen LogP contribution is 2.42. The van der Waals surface area contributed by atoms with Gasteiger partial charge in [0, 0.05) is 18.2 Å². The minimum Gasteiger partial charge on any atom is -0.507 e. The van der Waals surface area contributed by atoms with Crippen LogP contribution in [0.25, 0.3) is 6.08 Å². The molecular formula is C20H21FO5. The summed E-state index contributed by atoms with van der Waals surface area (Å²) in [7, 11) is 2.89. The second kappa shape index (κ2) is 8.49. The molecule has 0 fully saturated rings. The Morgan fingerprint density at radius 1 is 1.19 bits per heavy atom. The smallest absolute Gasteiger partial charge is 0.193 e. The second-order valence-corrected chi connectivity index (χ2v) is 5.64. The summed E-state index contributed by atoms with van der Waals surface area (Å²) in [5.74, 6) is -0.480. The number of phenols is 1. The van der Waals surface area contributed by atoms with E-state index in [1.165, 1.54) is 38.5 Å². The van der Waals surface area contributed by atoms with E-state index in [9.17, 15) is 14.3 Å². The number of ketones is 1. The molecule has 0 saturated carbocycles. The molecule has 0 saturated heterocycles.